The molecule has 0 aliphatic carbocycles. The predicted molar refractivity (Wildman–Crippen MR) is 32.2 cm³/mol. The van der Waals surface area contributed by atoms with Gasteiger partial charge in [0.15, 0.2) is 0 Å². The van der Waals surface area contributed by atoms with Crippen LogP contribution in [-0.4, -0.2) is 36.5 Å². The second-order valence-electron chi connectivity index (χ2n) is 2.81. The Morgan fingerprint density at radius 1 is 1.44 bits per heavy atom. The number of aliphatic hydroxyl groups is 1. The fourth-order valence-electron chi connectivity index (χ4n) is 1.55. The van der Waals surface area contributed by atoms with Crippen molar-refractivity contribution in [3.8, 4) is 0 Å². The molecule has 2 saturated heterocycles. The van der Waals surface area contributed by atoms with Crippen molar-refractivity contribution in [2.24, 2.45) is 0 Å². The Labute approximate surface area is 54.0 Å². The Morgan fingerprint density at radius 2 is 2.33 bits per heavy atom. The van der Waals surface area contributed by atoms with E-state index < -0.39 is 0 Å². The lowest BCUT2D eigenvalue weighted by molar-refractivity contribution is 0.0528. The SMILES string of the molecule is O[C@@H]1C[C@@H]2COC[C@H]1N2. The first-order valence-electron chi connectivity index (χ1n) is 3.38. The summed E-state index contributed by atoms with van der Waals surface area (Å²) < 4.78 is 5.20. The molecule has 3 atom stereocenters. The van der Waals surface area contributed by atoms with Crippen molar-refractivity contribution >= 4 is 0 Å². The molecule has 0 amide bonds. The van der Waals surface area contributed by atoms with Gasteiger partial charge < -0.3 is 15.2 Å². The van der Waals surface area contributed by atoms with Crippen molar-refractivity contribution in [2.45, 2.75) is 24.6 Å². The van der Waals surface area contributed by atoms with E-state index in [1.807, 2.05) is 0 Å². The van der Waals surface area contributed by atoms with Gasteiger partial charge in [0.2, 0.25) is 0 Å². The Bertz CT molecular complexity index is 116. The molecule has 2 N–H and O–H groups in total. The van der Waals surface area contributed by atoms with Crippen LogP contribution in [0, 0.1) is 0 Å². The molecule has 3 nitrogen and oxygen atoms in total. The highest BCUT2D eigenvalue weighted by Crippen LogP contribution is 2.17. The lowest BCUT2D eigenvalue weighted by Gasteiger charge is -2.21. The molecule has 2 heterocycles. The maximum atomic E-state index is 9.26. The number of ether oxygens (including phenoxy) is 1. The van der Waals surface area contributed by atoms with E-state index in [2.05, 4.69) is 5.32 Å². The van der Waals surface area contributed by atoms with Crippen molar-refractivity contribution in [3.05, 3.63) is 0 Å². The topological polar surface area (TPSA) is 41.5 Å². The summed E-state index contributed by atoms with van der Waals surface area (Å²) in [6.45, 7) is 1.45. The molecule has 0 unspecified atom stereocenters. The van der Waals surface area contributed by atoms with Gasteiger partial charge in [-0.2, -0.15) is 0 Å². The Balaban J connectivity index is 2.07. The van der Waals surface area contributed by atoms with Crippen LogP contribution in [0.2, 0.25) is 0 Å². The fraction of sp³-hybridized carbons (Fsp3) is 1.00. The normalized spacial score (nSPS) is 49.7. The van der Waals surface area contributed by atoms with Crippen LogP contribution in [0.5, 0.6) is 0 Å². The Kier molecular flexibility index (Phi) is 1.22. The molecular formula is C6H11NO2. The average Bonchev–Trinajstić information content (AvgIpc) is 2.09. The zero-order valence-corrected chi connectivity index (χ0v) is 5.21. The molecule has 9 heavy (non-hydrogen) atoms. The minimum Gasteiger partial charge on any atom is -0.391 e. The summed E-state index contributed by atoms with van der Waals surface area (Å²) in [5.74, 6) is 0. The number of aliphatic hydroxyl groups excluding tert-OH is 1. The number of fused-ring (bicyclic) bond motifs is 2. The van der Waals surface area contributed by atoms with Crippen LogP contribution in [0.4, 0.5) is 0 Å². The summed E-state index contributed by atoms with van der Waals surface area (Å²) >= 11 is 0. The summed E-state index contributed by atoms with van der Waals surface area (Å²) in [5, 5.41) is 12.5. The molecule has 0 saturated carbocycles. The summed E-state index contributed by atoms with van der Waals surface area (Å²) in [6.07, 6.45) is 0.697. The van der Waals surface area contributed by atoms with E-state index >= 15 is 0 Å². The monoisotopic (exact) mass is 129 g/mol. The van der Waals surface area contributed by atoms with E-state index in [-0.39, 0.29) is 12.1 Å². The van der Waals surface area contributed by atoms with E-state index in [9.17, 15) is 5.11 Å². The van der Waals surface area contributed by atoms with Crippen molar-refractivity contribution in [2.75, 3.05) is 13.2 Å². The smallest absolute Gasteiger partial charge is 0.0731 e. The van der Waals surface area contributed by atoms with Gasteiger partial charge in [0.1, 0.15) is 0 Å². The maximum absolute atomic E-state index is 9.26. The van der Waals surface area contributed by atoms with Crippen LogP contribution in [0.25, 0.3) is 0 Å². The quantitative estimate of drug-likeness (QED) is 0.446. The van der Waals surface area contributed by atoms with Gasteiger partial charge in [-0.05, 0) is 6.42 Å². The molecule has 0 aromatic rings. The van der Waals surface area contributed by atoms with Gasteiger partial charge in [-0.25, -0.2) is 0 Å². The van der Waals surface area contributed by atoms with Gasteiger partial charge in [0.05, 0.1) is 25.4 Å². The van der Waals surface area contributed by atoms with Crippen LogP contribution in [-0.2, 0) is 4.74 Å². The Morgan fingerprint density at radius 3 is 3.00 bits per heavy atom. The van der Waals surface area contributed by atoms with Gasteiger partial charge in [-0.1, -0.05) is 0 Å². The first-order valence-corrected chi connectivity index (χ1v) is 3.38. The van der Waals surface area contributed by atoms with Crippen molar-refractivity contribution in [1.29, 1.82) is 0 Å². The molecule has 2 aliphatic heterocycles. The molecule has 2 rings (SSSR count). The zero-order valence-electron chi connectivity index (χ0n) is 5.21. The average molecular weight is 129 g/mol. The van der Waals surface area contributed by atoms with Crippen LogP contribution in [0.3, 0.4) is 0 Å². The fourth-order valence-corrected chi connectivity index (χ4v) is 1.55. The second kappa shape index (κ2) is 1.94. The van der Waals surface area contributed by atoms with Crippen molar-refractivity contribution in [1.82, 2.24) is 5.32 Å². The largest absolute Gasteiger partial charge is 0.391 e. The minimum atomic E-state index is -0.169. The standard InChI is InChI=1S/C6H11NO2/c8-6-1-4-2-9-3-5(6)7-4/h4-8H,1-3H2/t4-,5-,6-/m1/s1. The molecule has 0 aromatic carbocycles. The maximum Gasteiger partial charge on any atom is 0.0731 e. The summed E-state index contributed by atoms with van der Waals surface area (Å²) in [5.41, 5.74) is 0. The molecule has 0 spiro atoms. The predicted octanol–water partition coefficient (Wildman–Crippen LogP) is -0.892. The van der Waals surface area contributed by atoms with Crippen LogP contribution in [0.1, 0.15) is 6.42 Å². The van der Waals surface area contributed by atoms with E-state index in [0.717, 1.165) is 13.0 Å². The van der Waals surface area contributed by atoms with Crippen LogP contribution < -0.4 is 5.32 Å². The summed E-state index contributed by atoms with van der Waals surface area (Å²) in [4.78, 5) is 0. The number of morpholine rings is 1. The molecule has 0 radical (unpaired) electrons. The molecule has 2 fully saturated rings. The molecular weight excluding hydrogens is 118 g/mol. The third-order valence-corrected chi connectivity index (χ3v) is 2.06. The van der Waals surface area contributed by atoms with E-state index in [4.69, 9.17) is 4.74 Å². The molecule has 2 bridgehead atoms. The van der Waals surface area contributed by atoms with Gasteiger partial charge in [-0.15, -0.1) is 0 Å². The molecule has 52 valence electrons. The highest BCUT2D eigenvalue weighted by Gasteiger charge is 2.35. The minimum absolute atomic E-state index is 0.169. The third-order valence-electron chi connectivity index (χ3n) is 2.06. The number of nitrogens with one attached hydrogen (secondary N) is 1. The number of rotatable bonds is 0. The van der Waals surface area contributed by atoms with Gasteiger partial charge in [0, 0.05) is 6.04 Å². The van der Waals surface area contributed by atoms with Gasteiger partial charge in [-0.3, -0.25) is 0 Å². The Hall–Kier alpha value is -0.120. The van der Waals surface area contributed by atoms with E-state index in [1.165, 1.54) is 0 Å². The van der Waals surface area contributed by atoms with Gasteiger partial charge in [0.25, 0.3) is 0 Å². The molecule has 3 heteroatoms. The highest BCUT2D eigenvalue weighted by atomic mass is 16.5. The molecule has 0 aromatic heterocycles. The molecule has 2 aliphatic rings. The van der Waals surface area contributed by atoms with E-state index in [0.29, 0.717) is 12.6 Å². The first kappa shape index (κ1) is 5.65. The summed E-state index contributed by atoms with van der Waals surface area (Å²) in [6, 6.07) is 0.627. The first-order chi connectivity index (χ1) is 4.36. The van der Waals surface area contributed by atoms with Crippen molar-refractivity contribution in [3.63, 3.8) is 0 Å². The number of hydrogen-bond donors (Lipinski definition) is 2. The van der Waals surface area contributed by atoms with Gasteiger partial charge >= 0.3 is 0 Å². The van der Waals surface area contributed by atoms with E-state index in [1.54, 1.807) is 0 Å². The second-order valence-corrected chi connectivity index (χ2v) is 2.81. The zero-order chi connectivity index (χ0) is 6.27. The third kappa shape index (κ3) is 0.852. The van der Waals surface area contributed by atoms with Crippen LogP contribution in [0.15, 0.2) is 0 Å². The van der Waals surface area contributed by atoms with Crippen molar-refractivity contribution < 1.29 is 9.84 Å². The summed E-state index contributed by atoms with van der Waals surface area (Å²) in [7, 11) is 0. The van der Waals surface area contributed by atoms with Crippen LogP contribution >= 0.6 is 0 Å². The highest BCUT2D eigenvalue weighted by molar-refractivity contribution is 4.93. The lowest BCUT2D eigenvalue weighted by atomic mass is 10.2. The number of hydrogen-bond acceptors (Lipinski definition) is 3. The lowest BCUT2D eigenvalue weighted by Crippen LogP contribution is -2.43.